The normalized spacial score (nSPS) is 11.3. The van der Waals surface area contributed by atoms with E-state index in [-0.39, 0.29) is 0 Å². The summed E-state index contributed by atoms with van der Waals surface area (Å²) < 4.78 is 4.91. The molecule has 9 rings (SSSR count). The lowest BCUT2D eigenvalue weighted by atomic mass is 9.93. The summed E-state index contributed by atoms with van der Waals surface area (Å²) in [5, 5.41) is 2.43. The Labute approximate surface area is 280 Å². The lowest BCUT2D eigenvalue weighted by molar-refractivity contribution is 1.12. The van der Waals surface area contributed by atoms with Crippen molar-refractivity contribution in [3.8, 4) is 56.1 Å². The SMILES string of the molecule is c1ccc(-c2ccc(-c3c(-c4c(-c5ccccc5)n(-c5ccccc5)c5ccccc45)n(-c4ccccc4)c4ccccc34)cc2)cc1. The predicted octanol–water partition coefficient (Wildman–Crippen LogP) is 12.2. The van der Waals surface area contributed by atoms with Crippen molar-refractivity contribution in [1.29, 1.82) is 0 Å². The minimum absolute atomic E-state index is 1.13. The fourth-order valence-corrected chi connectivity index (χ4v) is 7.27. The average molecular weight is 613 g/mol. The van der Waals surface area contributed by atoms with Crippen molar-refractivity contribution in [3.05, 3.63) is 194 Å². The highest BCUT2D eigenvalue weighted by molar-refractivity contribution is 6.14. The van der Waals surface area contributed by atoms with Gasteiger partial charge in [0.2, 0.25) is 0 Å². The van der Waals surface area contributed by atoms with Gasteiger partial charge in [-0.25, -0.2) is 0 Å². The maximum absolute atomic E-state index is 2.47. The molecule has 2 heteroatoms. The molecule has 0 saturated heterocycles. The monoisotopic (exact) mass is 612 g/mol. The third-order valence-corrected chi connectivity index (χ3v) is 9.34. The standard InChI is InChI=1S/C46H32N2/c1-5-17-33(18-6-1)34-29-31-35(32-30-34)43-39-25-13-15-27-41(39)48(38-23-11-4-12-24-38)46(43)44-40-26-14-16-28-42(40)47(37-21-9-3-10-22-37)45(44)36-19-7-2-8-20-36/h1-32H. The summed E-state index contributed by atoms with van der Waals surface area (Å²) in [6, 6.07) is 69.8. The molecule has 2 nitrogen and oxygen atoms in total. The van der Waals surface area contributed by atoms with E-state index in [1.54, 1.807) is 0 Å². The smallest absolute Gasteiger partial charge is 0.0647 e. The molecule has 226 valence electrons. The van der Waals surface area contributed by atoms with E-state index < -0.39 is 0 Å². The second-order valence-electron chi connectivity index (χ2n) is 12.1. The van der Waals surface area contributed by atoms with E-state index >= 15 is 0 Å². The molecule has 0 atom stereocenters. The van der Waals surface area contributed by atoms with Crippen LogP contribution in [-0.2, 0) is 0 Å². The van der Waals surface area contributed by atoms with Gasteiger partial charge in [-0.2, -0.15) is 0 Å². The van der Waals surface area contributed by atoms with Crippen LogP contribution in [0.4, 0.5) is 0 Å². The quantitative estimate of drug-likeness (QED) is 0.177. The Morgan fingerprint density at radius 2 is 0.625 bits per heavy atom. The maximum Gasteiger partial charge on any atom is 0.0647 e. The zero-order chi connectivity index (χ0) is 31.9. The molecule has 0 amide bonds. The van der Waals surface area contributed by atoms with Gasteiger partial charge in [0.05, 0.1) is 22.4 Å². The van der Waals surface area contributed by atoms with Crippen LogP contribution < -0.4 is 0 Å². The molecule has 2 heterocycles. The predicted molar refractivity (Wildman–Crippen MR) is 202 cm³/mol. The number of para-hydroxylation sites is 4. The van der Waals surface area contributed by atoms with Gasteiger partial charge in [-0.3, -0.25) is 0 Å². The molecular formula is C46H32N2. The molecule has 0 radical (unpaired) electrons. The highest BCUT2D eigenvalue weighted by atomic mass is 15.0. The molecule has 0 aliphatic rings. The fourth-order valence-electron chi connectivity index (χ4n) is 7.27. The fraction of sp³-hybridized carbons (Fsp3) is 0. The topological polar surface area (TPSA) is 9.86 Å². The Morgan fingerprint density at radius 1 is 0.250 bits per heavy atom. The number of rotatable bonds is 6. The van der Waals surface area contributed by atoms with Gasteiger partial charge < -0.3 is 9.13 Å². The van der Waals surface area contributed by atoms with Crippen LogP contribution in [0.1, 0.15) is 0 Å². The van der Waals surface area contributed by atoms with Crippen LogP contribution in [0.25, 0.3) is 77.9 Å². The van der Waals surface area contributed by atoms with Gasteiger partial charge in [0.1, 0.15) is 0 Å². The Bertz CT molecular complexity index is 2510. The van der Waals surface area contributed by atoms with Gasteiger partial charge in [-0.15, -0.1) is 0 Å². The molecule has 0 aliphatic heterocycles. The van der Waals surface area contributed by atoms with E-state index in [1.807, 2.05) is 0 Å². The van der Waals surface area contributed by atoms with E-state index in [2.05, 4.69) is 203 Å². The summed E-state index contributed by atoms with van der Waals surface area (Å²) in [4.78, 5) is 0. The van der Waals surface area contributed by atoms with Crippen molar-refractivity contribution in [3.63, 3.8) is 0 Å². The zero-order valence-corrected chi connectivity index (χ0v) is 26.4. The Hall–Kier alpha value is -6.38. The number of nitrogens with zero attached hydrogens (tertiary/aromatic N) is 2. The van der Waals surface area contributed by atoms with Gasteiger partial charge in [-0.05, 0) is 58.7 Å². The highest BCUT2D eigenvalue weighted by Gasteiger charge is 2.28. The average Bonchev–Trinajstić information content (AvgIpc) is 3.69. The van der Waals surface area contributed by atoms with E-state index in [1.165, 1.54) is 66.6 Å². The number of hydrogen-bond donors (Lipinski definition) is 0. The second kappa shape index (κ2) is 11.8. The molecule has 0 fully saturated rings. The minimum Gasteiger partial charge on any atom is -0.309 e. The van der Waals surface area contributed by atoms with Crippen LogP contribution in [0.5, 0.6) is 0 Å². The van der Waals surface area contributed by atoms with Crippen molar-refractivity contribution in [2.45, 2.75) is 0 Å². The van der Waals surface area contributed by atoms with E-state index in [0.717, 1.165) is 11.4 Å². The largest absolute Gasteiger partial charge is 0.309 e. The first kappa shape index (κ1) is 27.9. The molecule has 7 aromatic carbocycles. The molecule has 2 aromatic heterocycles. The van der Waals surface area contributed by atoms with Gasteiger partial charge >= 0.3 is 0 Å². The van der Waals surface area contributed by atoms with Crippen molar-refractivity contribution in [2.24, 2.45) is 0 Å². The number of aromatic nitrogens is 2. The van der Waals surface area contributed by atoms with Crippen molar-refractivity contribution >= 4 is 21.8 Å². The summed E-state index contributed by atoms with van der Waals surface area (Å²) >= 11 is 0. The lowest BCUT2D eigenvalue weighted by Gasteiger charge is -2.17. The molecule has 0 aliphatic carbocycles. The van der Waals surface area contributed by atoms with E-state index in [4.69, 9.17) is 0 Å². The molecular weight excluding hydrogens is 581 g/mol. The van der Waals surface area contributed by atoms with Crippen LogP contribution in [0, 0.1) is 0 Å². The lowest BCUT2D eigenvalue weighted by Crippen LogP contribution is -2.00. The Kier molecular flexibility index (Phi) is 6.84. The van der Waals surface area contributed by atoms with Crippen LogP contribution >= 0.6 is 0 Å². The van der Waals surface area contributed by atoms with E-state index in [0.29, 0.717) is 0 Å². The first-order valence-corrected chi connectivity index (χ1v) is 16.5. The van der Waals surface area contributed by atoms with Crippen LogP contribution in [-0.4, -0.2) is 9.13 Å². The van der Waals surface area contributed by atoms with Gasteiger partial charge in [0, 0.05) is 33.3 Å². The van der Waals surface area contributed by atoms with Crippen LogP contribution in [0.15, 0.2) is 194 Å². The van der Waals surface area contributed by atoms with Crippen molar-refractivity contribution in [1.82, 2.24) is 9.13 Å². The molecule has 9 aromatic rings. The Morgan fingerprint density at radius 3 is 1.17 bits per heavy atom. The second-order valence-corrected chi connectivity index (χ2v) is 12.1. The number of hydrogen-bond acceptors (Lipinski definition) is 0. The zero-order valence-electron chi connectivity index (χ0n) is 26.4. The minimum atomic E-state index is 1.13. The molecule has 0 spiro atoms. The van der Waals surface area contributed by atoms with Crippen molar-refractivity contribution in [2.75, 3.05) is 0 Å². The summed E-state index contributed by atoms with van der Waals surface area (Å²) in [6.45, 7) is 0. The van der Waals surface area contributed by atoms with Gasteiger partial charge in [0.25, 0.3) is 0 Å². The summed E-state index contributed by atoms with van der Waals surface area (Å²) in [5.41, 5.74) is 14.2. The van der Waals surface area contributed by atoms with Gasteiger partial charge in [0.15, 0.2) is 0 Å². The highest BCUT2D eigenvalue weighted by Crippen LogP contribution is 2.50. The number of fused-ring (bicyclic) bond motifs is 2. The molecule has 0 N–H and O–H groups in total. The molecule has 0 unspecified atom stereocenters. The molecule has 0 saturated carbocycles. The first-order chi connectivity index (χ1) is 23.9. The van der Waals surface area contributed by atoms with Gasteiger partial charge in [-0.1, -0.05) is 158 Å². The van der Waals surface area contributed by atoms with E-state index in [9.17, 15) is 0 Å². The van der Waals surface area contributed by atoms with Crippen molar-refractivity contribution < 1.29 is 0 Å². The third kappa shape index (κ3) is 4.58. The van der Waals surface area contributed by atoms with Crippen LogP contribution in [0.2, 0.25) is 0 Å². The third-order valence-electron chi connectivity index (χ3n) is 9.34. The maximum atomic E-state index is 2.47. The summed E-state index contributed by atoms with van der Waals surface area (Å²) in [5.74, 6) is 0. The number of benzene rings is 7. The van der Waals surface area contributed by atoms with Crippen LogP contribution in [0.3, 0.4) is 0 Å². The first-order valence-electron chi connectivity index (χ1n) is 16.5. The molecule has 0 bridgehead atoms. The summed E-state index contributed by atoms with van der Waals surface area (Å²) in [7, 11) is 0. The molecule has 48 heavy (non-hydrogen) atoms. The Balaban J connectivity index is 1.45. The summed E-state index contributed by atoms with van der Waals surface area (Å²) in [6.07, 6.45) is 0.